The normalized spacial score (nSPS) is 24.5. The van der Waals surface area contributed by atoms with Crippen LogP contribution < -0.4 is 0 Å². The van der Waals surface area contributed by atoms with E-state index in [4.69, 9.17) is 9.47 Å². The third kappa shape index (κ3) is 3.79. The fraction of sp³-hybridized carbons (Fsp3) is 0.412. The molecule has 0 N–H and O–H groups in total. The number of benzene rings is 1. The van der Waals surface area contributed by atoms with Gasteiger partial charge in [0.15, 0.2) is 5.78 Å². The van der Waals surface area contributed by atoms with Gasteiger partial charge in [-0.05, 0) is 13.3 Å². The Morgan fingerprint density at radius 3 is 2.71 bits per heavy atom. The molecule has 21 heavy (non-hydrogen) atoms. The molecular formula is C17H20O4. The van der Waals surface area contributed by atoms with Crippen LogP contribution in [0.5, 0.6) is 0 Å². The molecule has 0 radical (unpaired) electrons. The highest BCUT2D eigenvalue weighted by Crippen LogP contribution is 2.32. The Bertz CT molecular complexity index is 509. The van der Waals surface area contributed by atoms with E-state index in [0.29, 0.717) is 18.6 Å². The van der Waals surface area contributed by atoms with E-state index >= 15 is 0 Å². The van der Waals surface area contributed by atoms with Crippen molar-refractivity contribution in [2.45, 2.75) is 32.0 Å². The van der Waals surface area contributed by atoms with Crippen LogP contribution in [0.1, 0.15) is 30.1 Å². The number of hydrogen-bond acceptors (Lipinski definition) is 4. The second kappa shape index (κ2) is 7.18. The molecule has 3 atom stereocenters. The van der Waals surface area contributed by atoms with Crippen LogP contribution in [-0.2, 0) is 14.3 Å². The number of Topliss-reactive ketones (excluding diaryl/α,β-unsaturated/α-hetero) is 1. The number of ketones is 1. The SMILES string of the molecule is C=C[C@@H]1C[C@@H](C(=O)c2ccccc2)[C@H](CC(=O)OCC)O1. The molecular weight excluding hydrogens is 268 g/mol. The maximum Gasteiger partial charge on any atom is 0.308 e. The van der Waals surface area contributed by atoms with Crippen molar-refractivity contribution in [3.8, 4) is 0 Å². The van der Waals surface area contributed by atoms with Gasteiger partial charge in [-0.1, -0.05) is 36.4 Å². The van der Waals surface area contributed by atoms with Crippen LogP contribution in [0.2, 0.25) is 0 Å². The van der Waals surface area contributed by atoms with E-state index in [0.717, 1.165) is 0 Å². The number of esters is 1. The average molecular weight is 288 g/mol. The minimum Gasteiger partial charge on any atom is -0.466 e. The smallest absolute Gasteiger partial charge is 0.308 e. The molecule has 1 aliphatic rings. The van der Waals surface area contributed by atoms with Crippen molar-refractivity contribution in [1.29, 1.82) is 0 Å². The van der Waals surface area contributed by atoms with Crippen LogP contribution in [0.3, 0.4) is 0 Å². The molecule has 1 aromatic carbocycles. The van der Waals surface area contributed by atoms with E-state index < -0.39 is 6.10 Å². The summed E-state index contributed by atoms with van der Waals surface area (Å²) in [6, 6.07) is 9.09. The van der Waals surface area contributed by atoms with E-state index in [-0.39, 0.29) is 30.2 Å². The summed E-state index contributed by atoms with van der Waals surface area (Å²) >= 11 is 0. The lowest BCUT2D eigenvalue weighted by Gasteiger charge is -2.16. The molecule has 0 bridgehead atoms. The van der Waals surface area contributed by atoms with Gasteiger partial charge in [-0.3, -0.25) is 9.59 Å². The monoisotopic (exact) mass is 288 g/mol. The summed E-state index contributed by atoms with van der Waals surface area (Å²) in [5.74, 6) is -0.660. The molecule has 1 aliphatic heterocycles. The number of carbonyl (C=O) groups is 2. The molecule has 0 saturated carbocycles. The molecule has 1 aromatic rings. The highest BCUT2D eigenvalue weighted by molar-refractivity contribution is 5.98. The standard InChI is InChI=1S/C17H20O4/c1-3-13-10-14(15(21-13)11-16(18)20-4-2)17(19)12-8-6-5-7-9-12/h3,5-9,13-15H,1,4,10-11H2,2H3/t13-,14-,15+/m1/s1. The summed E-state index contributed by atoms with van der Waals surface area (Å²) in [5.41, 5.74) is 0.643. The number of carbonyl (C=O) groups excluding carboxylic acids is 2. The highest BCUT2D eigenvalue weighted by Gasteiger charge is 2.40. The Hall–Kier alpha value is -1.94. The molecule has 0 aliphatic carbocycles. The molecule has 0 unspecified atom stereocenters. The van der Waals surface area contributed by atoms with Gasteiger partial charge in [0, 0.05) is 5.56 Å². The van der Waals surface area contributed by atoms with Gasteiger partial charge >= 0.3 is 5.97 Å². The third-order valence-electron chi connectivity index (χ3n) is 3.62. The van der Waals surface area contributed by atoms with Crippen molar-refractivity contribution in [3.63, 3.8) is 0 Å². The maximum absolute atomic E-state index is 12.6. The zero-order valence-electron chi connectivity index (χ0n) is 12.2. The molecule has 1 heterocycles. The van der Waals surface area contributed by atoms with Crippen LogP contribution in [0.15, 0.2) is 43.0 Å². The Morgan fingerprint density at radius 1 is 1.38 bits per heavy atom. The second-order valence-corrected chi connectivity index (χ2v) is 5.03. The van der Waals surface area contributed by atoms with Crippen LogP contribution in [0, 0.1) is 5.92 Å². The minimum atomic E-state index is -0.445. The fourth-order valence-corrected chi connectivity index (χ4v) is 2.60. The Morgan fingerprint density at radius 2 is 2.10 bits per heavy atom. The van der Waals surface area contributed by atoms with Crippen LogP contribution in [-0.4, -0.2) is 30.6 Å². The highest BCUT2D eigenvalue weighted by atomic mass is 16.5. The lowest BCUT2D eigenvalue weighted by molar-refractivity contribution is -0.146. The predicted molar refractivity (Wildman–Crippen MR) is 79.0 cm³/mol. The first-order valence-corrected chi connectivity index (χ1v) is 7.18. The molecule has 0 aromatic heterocycles. The first-order valence-electron chi connectivity index (χ1n) is 7.18. The third-order valence-corrected chi connectivity index (χ3v) is 3.62. The summed E-state index contributed by atoms with van der Waals surface area (Å²) in [4.78, 5) is 24.3. The lowest BCUT2D eigenvalue weighted by atomic mass is 9.89. The quantitative estimate of drug-likeness (QED) is 0.459. The van der Waals surface area contributed by atoms with Crippen LogP contribution in [0.4, 0.5) is 0 Å². The van der Waals surface area contributed by atoms with Crippen LogP contribution >= 0.6 is 0 Å². The van der Waals surface area contributed by atoms with E-state index in [9.17, 15) is 9.59 Å². The van der Waals surface area contributed by atoms with Gasteiger partial charge in [0.1, 0.15) is 0 Å². The number of rotatable bonds is 6. The zero-order chi connectivity index (χ0) is 15.2. The van der Waals surface area contributed by atoms with Gasteiger partial charge in [-0.2, -0.15) is 0 Å². The van der Waals surface area contributed by atoms with Gasteiger partial charge in [0.2, 0.25) is 0 Å². The molecule has 4 nitrogen and oxygen atoms in total. The van der Waals surface area contributed by atoms with E-state index in [1.54, 1.807) is 25.1 Å². The van der Waals surface area contributed by atoms with E-state index in [2.05, 4.69) is 6.58 Å². The van der Waals surface area contributed by atoms with Gasteiger partial charge in [-0.15, -0.1) is 6.58 Å². The summed E-state index contributed by atoms with van der Waals surface area (Å²) in [5, 5.41) is 0. The number of ether oxygens (including phenoxy) is 2. The first-order chi connectivity index (χ1) is 10.2. The van der Waals surface area contributed by atoms with Gasteiger partial charge in [-0.25, -0.2) is 0 Å². The summed E-state index contributed by atoms with van der Waals surface area (Å²) < 4.78 is 10.7. The predicted octanol–water partition coefficient (Wildman–Crippen LogP) is 2.78. The number of hydrogen-bond donors (Lipinski definition) is 0. The van der Waals surface area contributed by atoms with Gasteiger partial charge < -0.3 is 9.47 Å². The summed E-state index contributed by atoms with van der Waals surface area (Å²) in [6.07, 6.45) is 1.70. The molecule has 112 valence electrons. The topological polar surface area (TPSA) is 52.6 Å². The van der Waals surface area contributed by atoms with Crippen molar-refractivity contribution in [1.82, 2.24) is 0 Å². The van der Waals surface area contributed by atoms with E-state index in [1.807, 2.05) is 18.2 Å². The Balaban J connectivity index is 2.12. The Kier molecular flexibility index (Phi) is 5.28. The molecule has 0 amide bonds. The second-order valence-electron chi connectivity index (χ2n) is 5.03. The molecule has 1 saturated heterocycles. The van der Waals surface area contributed by atoms with Crippen molar-refractivity contribution in [2.75, 3.05) is 6.61 Å². The maximum atomic E-state index is 12.6. The largest absolute Gasteiger partial charge is 0.466 e. The summed E-state index contributed by atoms with van der Waals surface area (Å²) in [6.45, 7) is 5.79. The molecule has 0 spiro atoms. The van der Waals surface area contributed by atoms with Gasteiger partial charge in [0.05, 0.1) is 31.2 Å². The molecule has 1 fully saturated rings. The average Bonchev–Trinajstić information content (AvgIpc) is 2.90. The zero-order valence-corrected chi connectivity index (χ0v) is 12.2. The van der Waals surface area contributed by atoms with Crippen LogP contribution in [0.25, 0.3) is 0 Å². The molecule has 4 heteroatoms. The van der Waals surface area contributed by atoms with E-state index in [1.165, 1.54) is 0 Å². The Labute approximate surface area is 124 Å². The van der Waals surface area contributed by atoms with Crippen molar-refractivity contribution < 1.29 is 19.1 Å². The first kappa shape index (κ1) is 15.4. The fourth-order valence-electron chi connectivity index (χ4n) is 2.60. The lowest BCUT2D eigenvalue weighted by Crippen LogP contribution is -2.27. The summed E-state index contributed by atoms with van der Waals surface area (Å²) in [7, 11) is 0. The molecule has 2 rings (SSSR count). The van der Waals surface area contributed by atoms with Crippen molar-refractivity contribution in [2.24, 2.45) is 5.92 Å². The van der Waals surface area contributed by atoms with Gasteiger partial charge in [0.25, 0.3) is 0 Å². The van der Waals surface area contributed by atoms with Crippen molar-refractivity contribution >= 4 is 11.8 Å². The van der Waals surface area contributed by atoms with Crippen molar-refractivity contribution in [3.05, 3.63) is 48.6 Å². The minimum absolute atomic E-state index is 0.00856.